The van der Waals surface area contributed by atoms with E-state index in [-0.39, 0.29) is 29.4 Å². The second-order valence-electron chi connectivity index (χ2n) is 7.03. The van der Waals surface area contributed by atoms with E-state index in [1.807, 2.05) is 7.05 Å². The molecule has 0 amide bonds. The summed E-state index contributed by atoms with van der Waals surface area (Å²) < 4.78 is 5.27. The van der Waals surface area contributed by atoms with E-state index in [2.05, 4.69) is 34.4 Å². The van der Waals surface area contributed by atoms with E-state index in [0.29, 0.717) is 0 Å². The molecule has 2 heterocycles. The highest BCUT2D eigenvalue weighted by Crippen LogP contribution is 2.24. The predicted molar refractivity (Wildman–Crippen MR) is 103 cm³/mol. The van der Waals surface area contributed by atoms with Crippen molar-refractivity contribution in [1.29, 1.82) is 0 Å². The number of rotatable bonds is 6. The Bertz CT molecular complexity index is 339. The highest BCUT2D eigenvalue weighted by molar-refractivity contribution is 14.0. The van der Waals surface area contributed by atoms with Crippen LogP contribution < -0.4 is 10.6 Å². The van der Waals surface area contributed by atoms with Gasteiger partial charge in [-0.3, -0.25) is 4.99 Å². The first-order chi connectivity index (χ1) is 10.1. The molecule has 22 heavy (non-hydrogen) atoms. The molecule has 5 nitrogen and oxygen atoms in total. The van der Waals surface area contributed by atoms with Gasteiger partial charge in [-0.05, 0) is 44.8 Å². The molecular formula is C16H33IN4O. The van der Waals surface area contributed by atoms with Crippen molar-refractivity contribution in [2.24, 2.45) is 16.3 Å². The van der Waals surface area contributed by atoms with Gasteiger partial charge in [0.25, 0.3) is 0 Å². The van der Waals surface area contributed by atoms with Crippen molar-refractivity contribution < 1.29 is 4.74 Å². The number of hydrogen-bond acceptors (Lipinski definition) is 3. The summed E-state index contributed by atoms with van der Waals surface area (Å²) in [4.78, 5) is 6.87. The lowest BCUT2D eigenvalue weighted by atomic mass is 9.89. The maximum atomic E-state index is 5.27. The molecule has 0 unspecified atom stereocenters. The Morgan fingerprint density at radius 2 is 1.95 bits per heavy atom. The van der Waals surface area contributed by atoms with E-state index in [9.17, 15) is 0 Å². The van der Waals surface area contributed by atoms with Crippen LogP contribution in [0.1, 0.15) is 33.1 Å². The molecule has 2 fully saturated rings. The fraction of sp³-hybridized carbons (Fsp3) is 0.938. The Balaban J connectivity index is 0.00000242. The van der Waals surface area contributed by atoms with Crippen molar-refractivity contribution in [3.8, 4) is 0 Å². The summed E-state index contributed by atoms with van der Waals surface area (Å²) in [6, 6.07) is 0. The molecule has 0 aromatic heterocycles. The molecule has 0 atom stereocenters. The normalized spacial score (nSPS) is 22.6. The molecule has 2 saturated heterocycles. The van der Waals surface area contributed by atoms with Crippen LogP contribution in [-0.2, 0) is 4.74 Å². The summed E-state index contributed by atoms with van der Waals surface area (Å²) in [5.74, 6) is 1.83. The lowest BCUT2D eigenvalue weighted by molar-refractivity contribution is -0.0971. The van der Waals surface area contributed by atoms with Gasteiger partial charge in [0.1, 0.15) is 0 Å². The molecule has 2 N–H and O–H groups in total. The molecule has 0 aromatic rings. The predicted octanol–water partition coefficient (Wildman–Crippen LogP) is 1.93. The molecule has 0 bridgehead atoms. The van der Waals surface area contributed by atoms with E-state index in [1.54, 1.807) is 0 Å². The van der Waals surface area contributed by atoms with Crippen molar-refractivity contribution in [2.75, 3.05) is 53.0 Å². The number of nitrogens with one attached hydrogen (secondary N) is 2. The molecule has 0 spiro atoms. The molecule has 2 aliphatic heterocycles. The third-order valence-corrected chi connectivity index (χ3v) is 4.63. The highest BCUT2D eigenvalue weighted by Gasteiger charge is 2.33. The van der Waals surface area contributed by atoms with Gasteiger partial charge in [-0.2, -0.15) is 0 Å². The monoisotopic (exact) mass is 424 g/mol. The average molecular weight is 424 g/mol. The third kappa shape index (κ3) is 6.58. The molecule has 0 radical (unpaired) electrons. The van der Waals surface area contributed by atoms with E-state index in [0.717, 1.165) is 38.2 Å². The van der Waals surface area contributed by atoms with Gasteiger partial charge in [0.05, 0.1) is 13.2 Å². The molecule has 0 aromatic carbocycles. The van der Waals surface area contributed by atoms with Crippen LogP contribution in [0.2, 0.25) is 0 Å². The van der Waals surface area contributed by atoms with Crippen molar-refractivity contribution in [3.63, 3.8) is 0 Å². The molecular weight excluding hydrogens is 391 g/mol. The van der Waals surface area contributed by atoms with Crippen LogP contribution >= 0.6 is 24.0 Å². The Hall–Kier alpha value is -0.0800. The van der Waals surface area contributed by atoms with Crippen LogP contribution in [-0.4, -0.2) is 63.8 Å². The van der Waals surface area contributed by atoms with Crippen molar-refractivity contribution in [1.82, 2.24) is 15.5 Å². The Morgan fingerprint density at radius 3 is 2.50 bits per heavy atom. The lowest BCUT2D eigenvalue weighted by Gasteiger charge is -2.38. The van der Waals surface area contributed by atoms with Crippen LogP contribution in [0.3, 0.4) is 0 Å². The van der Waals surface area contributed by atoms with Crippen LogP contribution in [0.4, 0.5) is 0 Å². The second kappa shape index (κ2) is 9.93. The molecule has 2 aliphatic rings. The van der Waals surface area contributed by atoms with Crippen LogP contribution in [0.25, 0.3) is 0 Å². The van der Waals surface area contributed by atoms with Crippen molar-refractivity contribution >= 4 is 29.9 Å². The van der Waals surface area contributed by atoms with E-state index >= 15 is 0 Å². The summed E-state index contributed by atoms with van der Waals surface area (Å²) in [7, 11) is 1.83. The summed E-state index contributed by atoms with van der Waals surface area (Å²) >= 11 is 0. The van der Waals surface area contributed by atoms with Gasteiger partial charge in [-0.25, -0.2) is 0 Å². The van der Waals surface area contributed by atoms with Gasteiger partial charge in [0.15, 0.2) is 5.96 Å². The van der Waals surface area contributed by atoms with Crippen LogP contribution in [0, 0.1) is 11.3 Å². The number of likely N-dealkylation sites (tertiary alicyclic amines) is 1. The summed E-state index contributed by atoms with van der Waals surface area (Å²) in [6.07, 6.45) is 3.89. The first-order valence-electron chi connectivity index (χ1n) is 8.36. The van der Waals surface area contributed by atoms with Crippen molar-refractivity contribution in [2.45, 2.75) is 33.1 Å². The lowest BCUT2D eigenvalue weighted by Crippen LogP contribution is -2.51. The fourth-order valence-corrected chi connectivity index (χ4v) is 2.87. The zero-order valence-electron chi connectivity index (χ0n) is 14.4. The van der Waals surface area contributed by atoms with Crippen molar-refractivity contribution in [3.05, 3.63) is 0 Å². The van der Waals surface area contributed by atoms with Gasteiger partial charge in [0, 0.05) is 25.6 Å². The number of nitrogens with zero attached hydrogens (tertiary/aromatic N) is 2. The molecule has 6 heteroatoms. The quantitative estimate of drug-likeness (QED) is 0.296. The number of aliphatic imine (C=N–C) groups is 1. The topological polar surface area (TPSA) is 48.9 Å². The highest BCUT2D eigenvalue weighted by atomic mass is 127. The minimum absolute atomic E-state index is 0. The fourth-order valence-electron chi connectivity index (χ4n) is 2.87. The molecule has 0 aliphatic carbocycles. The first kappa shape index (κ1) is 20.0. The minimum Gasteiger partial charge on any atom is -0.380 e. The number of hydrogen-bond donors (Lipinski definition) is 2. The van der Waals surface area contributed by atoms with Gasteiger partial charge in [-0.15, -0.1) is 24.0 Å². The number of halogens is 1. The van der Waals surface area contributed by atoms with E-state index in [1.165, 1.54) is 38.9 Å². The minimum atomic E-state index is 0. The van der Waals surface area contributed by atoms with Crippen LogP contribution in [0.15, 0.2) is 4.99 Å². The van der Waals surface area contributed by atoms with Gasteiger partial charge >= 0.3 is 0 Å². The van der Waals surface area contributed by atoms with Gasteiger partial charge < -0.3 is 20.3 Å². The summed E-state index contributed by atoms with van der Waals surface area (Å²) in [5, 5.41) is 6.81. The smallest absolute Gasteiger partial charge is 0.191 e. The van der Waals surface area contributed by atoms with Gasteiger partial charge in [-0.1, -0.05) is 13.8 Å². The molecule has 2 rings (SSSR count). The molecule has 130 valence electrons. The first-order valence-corrected chi connectivity index (χ1v) is 8.36. The standard InChI is InChI=1S/C16H32N4O.HI/c1-14-5-9-20(10-6-14)8-4-7-18-15(17-3)19-11-16(2)12-21-13-16;/h14H,4-13H2,1-3H3,(H2,17,18,19);1H. The van der Waals surface area contributed by atoms with E-state index in [4.69, 9.17) is 4.74 Å². The Morgan fingerprint density at radius 1 is 1.27 bits per heavy atom. The number of guanidine groups is 1. The van der Waals surface area contributed by atoms with E-state index < -0.39 is 0 Å². The Kier molecular flexibility index (Phi) is 9.01. The third-order valence-electron chi connectivity index (χ3n) is 4.63. The van der Waals surface area contributed by atoms with Gasteiger partial charge in [0.2, 0.25) is 0 Å². The van der Waals surface area contributed by atoms with Crippen LogP contribution in [0.5, 0.6) is 0 Å². The SMILES string of the molecule is CN=C(NCCCN1CCC(C)CC1)NCC1(C)COC1.I. The maximum absolute atomic E-state index is 5.27. The maximum Gasteiger partial charge on any atom is 0.191 e. The Labute approximate surface area is 152 Å². The molecule has 0 saturated carbocycles. The number of ether oxygens (including phenoxy) is 1. The zero-order chi connectivity index (χ0) is 15.1. The zero-order valence-corrected chi connectivity index (χ0v) is 16.7. The largest absolute Gasteiger partial charge is 0.380 e. The summed E-state index contributed by atoms with van der Waals surface area (Å²) in [6.45, 7) is 12.0. The average Bonchev–Trinajstić information content (AvgIpc) is 2.46. The summed E-state index contributed by atoms with van der Waals surface area (Å²) in [5.41, 5.74) is 0.280. The second-order valence-corrected chi connectivity index (χ2v) is 7.03. The number of piperidine rings is 1.